The summed E-state index contributed by atoms with van der Waals surface area (Å²) in [5, 5.41) is 0. The van der Waals surface area contributed by atoms with Gasteiger partial charge in [-0.25, -0.2) is 7.05 Å². The Labute approximate surface area is 87.0 Å². The van der Waals surface area contributed by atoms with Gasteiger partial charge in [0, 0.05) is 39.1 Å². The van der Waals surface area contributed by atoms with Crippen LogP contribution in [0.2, 0.25) is 0 Å². The number of rotatable bonds is 0. The summed E-state index contributed by atoms with van der Waals surface area (Å²) in [5.41, 5.74) is -0.241. The molecule has 1 saturated heterocycles. The van der Waals surface area contributed by atoms with E-state index in [9.17, 15) is 9.59 Å². The zero-order valence-electron chi connectivity index (χ0n) is 5.41. The standard InChI is InChI=1S/C5H7NO2P.Y/c1-6-4(7)2-3(9)5(6)8;/h3H,1-2,9H2;/q-1;. The van der Waals surface area contributed by atoms with Gasteiger partial charge in [-0.1, -0.05) is 0 Å². The van der Waals surface area contributed by atoms with Crippen LogP contribution in [-0.4, -0.2) is 22.4 Å². The van der Waals surface area contributed by atoms with Crippen molar-refractivity contribution in [2.45, 2.75) is 12.1 Å². The van der Waals surface area contributed by atoms with Crippen molar-refractivity contribution < 1.29 is 42.3 Å². The molecule has 1 fully saturated rings. The number of hydrogen-bond donors (Lipinski definition) is 0. The Bertz CT molecular complexity index is 173. The average molecular weight is 233 g/mol. The molecular weight excluding hydrogens is 226 g/mol. The van der Waals surface area contributed by atoms with Crippen LogP contribution >= 0.6 is 9.24 Å². The van der Waals surface area contributed by atoms with Gasteiger partial charge < -0.3 is 4.90 Å². The number of nitrogens with zero attached hydrogens (tertiary/aromatic N) is 1. The van der Waals surface area contributed by atoms with Crippen molar-refractivity contribution in [1.29, 1.82) is 0 Å². The van der Waals surface area contributed by atoms with Gasteiger partial charge in [0.25, 0.3) is 0 Å². The van der Waals surface area contributed by atoms with Gasteiger partial charge in [0.1, 0.15) is 0 Å². The van der Waals surface area contributed by atoms with Crippen molar-refractivity contribution in [2.24, 2.45) is 0 Å². The van der Waals surface area contributed by atoms with Gasteiger partial charge in [0.05, 0.1) is 5.66 Å². The third kappa shape index (κ3) is 1.84. The van der Waals surface area contributed by atoms with Crippen LogP contribution in [0.5, 0.6) is 0 Å². The Kier molecular flexibility index (Phi) is 4.15. The largest absolute Gasteiger partial charge is 0.437 e. The van der Waals surface area contributed by atoms with E-state index in [2.05, 4.69) is 16.3 Å². The molecule has 1 heterocycles. The fourth-order valence-electron chi connectivity index (χ4n) is 0.709. The summed E-state index contributed by atoms with van der Waals surface area (Å²) in [6.07, 6.45) is 0.285. The van der Waals surface area contributed by atoms with Gasteiger partial charge in [0.15, 0.2) is 0 Å². The van der Waals surface area contributed by atoms with Gasteiger partial charge in [-0.2, -0.15) is 0 Å². The molecule has 1 rings (SSSR count). The monoisotopic (exact) mass is 233 g/mol. The molecule has 0 aliphatic carbocycles. The first-order chi connectivity index (χ1) is 4.13. The summed E-state index contributed by atoms with van der Waals surface area (Å²) >= 11 is 0. The van der Waals surface area contributed by atoms with E-state index in [1.807, 2.05) is 0 Å². The van der Waals surface area contributed by atoms with E-state index < -0.39 is 0 Å². The Morgan fingerprint density at radius 1 is 1.60 bits per heavy atom. The van der Waals surface area contributed by atoms with Gasteiger partial charge in [-0.3, -0.25) is 9.59 Å². The summed E-state index contributed by atoms with van der Waals surface area (Å²) in [4.78, 5) is 22.3. The number of carbonyl (C=O) groups is 2. The molecule has 0 bridgehead atoms. The molecule has 2 atom stereocenters. The Morgan fingerprint density at radius 2 is 2.10 bits per heavy atom. The van der Waals surface area contributed by atoms with Crippen LogP contribution < -0.4 is 0 Å². The van der Waals surface area contributed by atoms with Crippen LogP contribution in [0.4, 0.5) is 0 Å². The van der Waals surface area contributed by atoms with Crippen molar-refractivity contribution in [1.82, 2.24) is 4.90 Å². The minimum absolute atomic E-state index is 0. The first-order valence-corrected chi connectivity index (χ1v) is 3.22. The zero-order chi connectivity index (χ0) is 7.02. The molecule has 2 unspecified atom stereocenters. The summed E-state index contributed by atoms with van der Waals surface area (Å²) in [7, 11) is 5.58. The first kappa shape index (κ1) is 10.7. The van der Waals surface area contributed by atoms with Crippen LogP contribution in [0.25, 0.3) is 0 Å². The van der Waals surface area contributed by atoms with E-state index in [4.69, 9.17) is 0 Å². The third-order valence-electron chi connectivity index (χ3n) is 1.28. The number of carbonyl (C=O) groups excluding carboxylic acids is 2. The smallest absolute Gasteiger partial charge is 0.207 e. The van der Waals surface area contributed by atoms with Crippen molar-refractivity contribution >= 4 is 21.1 Å². The number of imide groups is 1. The normalized spacial score (nSPS) is 25.0. The van der Waals surface area contributed by atoms with Crippen molar-refractivity contribution in [3.63, 3.8) is 0 Å². The fraction of sp³-hybridized carbons (Fsp3) is 0.400. The van der Waals surface area contributed by atoms with Crippen molar-refractivity contribution in [3.05, 3.63) is 7.05 Å². The molecule has 0 saturated carbocycles. The molecule has 0 aromatic rings. The Hall–Kier alpha value is 0.674. The molecule has 1 aliphatic rings. The minimum atomic E-state index is -0.241. The zero-order valence-corrected chi connectivity index (χ0v) is 9.40. The Morgan fingerprint density at radius 3 is 2.20 bits per heavy atom. The predicted octanol–water partition coefficient (Wildman–Crippen LogP) is -0.222. The van der Waals surface area contributed by atoms with Crippen LogP contribution in [0.3, 0.4) is 0 Å². The third-order valence-corrected chi connectivity index (χ3v) is 1.80. The molecule has 1 radical (unpaired) electrons. The number of amides is 2. The van der Waals surface area contributed by atoms with Crippen LogP contribution in [0.1, 0.15) is 6.42 Å². The van der Waals surface area contributed by atoms with Gasteiger partial charge in [-0.15, -0.1) is 9.24 Å². The molecule has 0 spiro atoms. The molecule has 0 N–H and O–H groups in total. The second kappa shape index (κ2) is 3.89. The molecule has 3 nitrogen and oxygen atoms in total. The van der Waals surface area contributed by atoms with Gasteiger partial charge in [0.2, 0.25) is 11.8 Å². The molecular formula is C5H7NO2PY-. The summed E-state index contributed by atoms with van der Waals surface area (Å²) in [6, 6.07) is 0. The van der Waals surface area contributed by atoms with Crippen LogP contribution in [0, 0.1) is 7.05 Å². The van der Waals surface area contributed by atoms with E-state index in [1.165, 1.54) is 0 Å². The van der Waals surface area contributed by atoms with E-state index in [0.717, 1.165) is 4.90 Å². The summed E-state index contributed by atoms with van der Waals surface area (Å²) < 4.78 is 0. The average Bonchev–Trinajstić information content (AvgIpc) is 1.98. The summed E-state index contributed by atoms with van der Waals surface area (Å²) in [5.74, 6) is -0.398. The van der Waals surface area contributed by atoms with Crippen molar-refractivity contribution in [3.8, 4) is 0 Å². The van der Waals surface area contributed by atoms with E-state index >= 15 is 0 Å². The minimum Gasteiger partial charge on any atom is -0.437 e. The second-order valence-corrected chi connectivity index (χ2v) is 2.78. The molecule has 0 aromatic heterocycles. The maximum absolute atomic E-state index is 10.7. The summed E-state index contributed by atoms with van der Waals surface area (Å²) in [6.45, 7) is 0. The van der Waals surface area contributed by atoms with E-state index in [1.54, 1.807) is 0 Å². The van der Waals surface area contributed by atoms with E-state index in [0.29, 0.717) is 0 Å². The van der Waals surface area contributed by atoms with Gasteiger partial charge >= 0.3 is 0 Å². The van der Waals surface area contributed by atoms with Gasteiger partial charge in [-0.05, 0) is 0 Å². The first-order valence-electron chi connectivity index (χ1n) is 2.56. The van der Waals surface area contributed by atoms with E-state index in [-0.39, 0.29) is 56.6 Å². The molecule has 1 aliphatic heterocycles. The molecule has 10 heavy (non-hydrogen) atoms. The van der Waals surface area contributed by atoms with Crippen LogP contribution in [-0.2, 0) is 42.3 Å². The fourth-order valence-corrected chi connectivity index (χ4v) is 1.09. The molecule has 5 heteroatoms. The predicted molar refractivity (Wildman–Crippen MR) is 35.3 cm³/mol. The quantitative estimate of drug-likeness (QED) is 0.329. The Balaban J connectivity index is 0.000000810. The molecule has 53 valence electrons. The van der Waals surface area contributed by atoms with Crippen molar-refractivity contribution in [2.75, 3.05) is 0 Å². The van der Waals surface area contributed by atoms with Crippen LogP contribution in [0.15, 0.2) is 0 Å². The topological polar surface area (TPSA) is 37.4 Å². The second-order valence-electron chi connectivity index (χ2n) is 1.97. The SMILES string of the molecule is [CH2-]N1C(=O)CC(P)C1=O.[Y]. The maximum atomic E-state index is 10.7. The number of hydrogen-bond acceptors (Lipinski definition) is 2. The maximum Gasteiger partial charge on any atom is 0.207 e. The number of likely N-dealkylation sites (tertiary alicyclic amines) is 1. The molecule has 0 aromatic carbocycles. The molecule has 2 amide bonds.